The van der Waals surface area contributed by atoms with E-state index in [2.05, 4.69) is 45.4 Å². The van der Waals surface area contributed by atoms with Crippen LogP contribution in [-0.2, 0) is 39.4 Å². The van der Waals surface area contributed by atoms with Crippen LogP contribution in [-0.4, -0.2) is 92.7 Å². The topological polar surface area (TPSA) is 162 Å². The number of halogens is 7. The van der Waals surface area contributed by atoms with Gasteiger partial charge in [-0.2, -0.15) is 0 Å². The quantitative estimate of drug-likeness (QED) is 0.0580. The standard InChI is InChI=1S/C20H30BNO4.C20H21Cl2FN2O2.C14H15Cl2FINO2/c1-17(2,3)24-16(23)22-20(11-12-20)14-9-8-10-15(13-14)21-25-18(4,5)19(6,7)26-21;21-18(22)19(27)25-16(11-23)17(26)13-6-4-12(5-7-13)14-2-1-3-15(10-14)20(24)8-9-20;1-14(2)19(13(20)12(15)16)10(7-17)11(21-14)8-3-5-9(18)6-4-8/h8-10,13H,11-12H2,1-7H3,(H,22,23);1-7,10,16-18,26H,8-9,11,24H2,(H,25,27);3-6,10-12H,7H2,1-2H3/t;16-,17-;10-,11?/m.11/s1. The Morgan fingerprint density at radius 2 is 1.41 bits per heavy atom. The molecule has 74 heavy (non-hydrogen) atoms. The zero-order chi connectivity index (χ0) is 54.8. The molecule has 2 heterocycles. The molecule has 4 aromatic carbocycles. The molecule has 5 N–H and O–H groups in total. The molecule has 0 spiro atoms. The van der Waals surface area contributed by atoms with Gasteiger partial charge < -0.3 is 45.2 Å². The number of nitrogens with one attached hydrogen (secondary N) is 2. The Balaban J connectivity index is 0.000000182. The molecule has 8 rings (SSSR count). The van der Waals surface area contributed by atoms with Crippen molar-refractivity contribution in [2.75, 3.05) is 13.3 Å². The summed E-state index contributed by atoms with van der Waals surface area (Å²) in [5.74, 6) is -1.29. The molecule has 4 fully saturated rings. The van der Waals surface area contributed by atoms with Crippen molar-refractivity contribution in [2.45, 2.75) is 156 Å². The van der Waals surface area contributed by atoms with Crippen molar-refractivity contribution in [3.8, 4) is 11.1 Å². The third kappa shape index (κ3) is 14.6. The molecule has 4 atom stereocenters. The number of aliphatic hydroxyl groups excluding tert-OH is 1. The van der Waals surface area contributed by atoms with Crippen molar-refractivity contribution in [1.82, 2.24) is 15.5 Å². The molecule has 2 aliphatic heterocycles. The SMILES string of the molecule is CC(C)(C)OC(=O)NC1(c2cccc(B3OC(C)(C)C(C)(C)O3)c2)CC1.CC1(C)OC(c2ccc(I)cc2)[C@@H](CF)N1C(=O)C(Cl)Cl.NC1(c2cccc(-c3ccc([C@@H](O)[C@@H](CF)NC(=O)C(Cl)Cl)cc3)c2)CC1. The normalized spacial score (nSPS) is 21.4. The lowest BCUT2D eigenvalue weighted by atomic mass is 9.77. The highest BCUT2D eigenvalue weighted by Gasteiger charge is 2.54. The fraction of sp³-hybridized carbons (Fsp3) is 0.500. The highest BCUT2D eigenvalue weighted by atomic mass is 127. The van der Waals surface area contributed by atoms with E-state index in [1.54, 1.807) is 26.0 Å². The van der Waals surface area contributed by atoms with Gasteiger partial charge in [0.15, 0.2) is 9.67 Å². The number of carbonyl (C=O) groups excluding carboxylic acids is 3. The summed E-state index contributed by atoms with van der Waals surface area (Å²) < 4.78 is 51.5. The predicted octanol–water partition coefficient (Wildman–Crippen LogP) is 11.2. The third-order valence-electron chi connectivity index (χ3n) is 13.8. The maximum absolute atomic E-state index is 13.6. The van der Waals surface area contributed by atoms with E-state index in [0.29, 0.717) is 5.56 Å². The van der Waals surface area contributed by atoms with Crippen molar-refractivity contribution in [3.63, 3.8) is 0 Å². The Kier molecular flexibility index (Phi) is 19.2. The van der Waals surface area contributed by atoms with Crippen LogP contribution in [0.15, 0.2) is 97.1 Å². The van der Waals surface area contributed by atoms with Crippen LogP contribution in [0.25, 0.3) is 11.1 Å². The number of carbonyl (C=O) groups is 3. The summed E-state index contributed by atoms with van der Waals surface area (Å²) in [5, 5.41) is 15.7. The lowest BCUT2D eigenvalue weighted by Gasteiger charge is -2.33. The molecule has 0 bridgehead atoms. The van der Waals surface area contributed by atoms with E-state index in [4.69, 9.17) is 70.9 Å². The minimum absolute atomic E-state index is 0.207. The zero-order valence-corrected chi connectivity index (χ0v) is 48.2. The van der Waals surface area contributed by atoms with Crippen molar-refractivity contribution in [2.24, 2.45) is 5.73 Å². The Labute approximate surface area is 467 Å². The number of benzene rings is 4. The third-order valence-corrected chi connectivity index (χ3v) is 15.3. The molecule has 2 saturated heterocycles. The van der Waals surface area contributed by atoms with E-state index in [0.717, 1.165) is 62.5 Å². The summed E-state index contributed by atoms with van der Waals surface area (Å²) in [6.45, 7) is 15.5. The van der Waals surface area contributed by atoms with Gasteiger partial charge in [-0.25, -0.2) is 13.6 Å². The number of nitrogens with zero attached hydrogens (tertiary/aromatic N) is 1. The second kappa shape index (κ2) is 23.7. The molecule has 12 nitrogen and oxygen atoms in total. The Morgan fingerprint density at radius 1 is 0.824 bits per heavy atom. The highest BCUT2D eigenvalue weighted by molar-refractivity contribution is 14.1. The summed E-state index contributed by atoms with van der Waals surface area (Å²) >= 11 is 24.4. The summed E-state index contributed by atoms with van der Waals surface area (Å²) in [6.07, 6.45) is 1.64. The average Bonchev–Trinajstić information content (AvgIpc) is 4.25. The summed E-state index contributed by atoms with van der Waals surface area (Å²) in [4.78, 5) is 34.7. The molecule has 20 heteroatoms. The number of rotatable bonds is 13. The van der Waals surface area contributed by atoms with Crippen LogP contribution in [0.4, 0.5) is 13.6 Å². The summed E-state index contributed by atoms with van der Waals surface area (Å²) in [6, 6.07) is 29.0. The first-order valence-electron chi connectivity index (χ1n) is 24.4. The van der Waals surface area contributed by atoms with Gasteiger partial charge in [-0.05, 0) is 168 Å². The van der Waals surface area contributed by atoms with Gasteiger partial charge in [0.25, 0.3) is 11.8 Å². The van der Waals surface area contributed by atoms with Gasteiger partial charge in [0.1, 0.15) is 36.9 Å². The molecular formula is C54H66BCl4F2IN4O8. The molecule has 402 valence electrons. The minimum Gasteiger partial charge on any atom is -0.444 e. The van der Waals surface area contributed by atoms with Crippen LogP contribution in [0.1, 0.15) is 122 Å². The van der Waals surface area contributed by atoms with E-state index in [9.17, 15) is 28.3 Å². The number of ether oxygens (including phenoxy) is 2. The Morgan fingerprint density at radius 3 is 1.92 bits per heavy atom. The smallest absolute Gasteiger partial charge is 0.444 e. The van der Waals surface area contributed by atoms with Crippen LogP contribution < -0.4 is 21.8 Å². The molecule has 1 unspecified atom stereocenters. The lowest BCUT2D eigenvalue weighted by Crippen LogP contribution is -2.50. The Hall–Kier alpha value is -3.30. The molecule has 2 aliphatic carbocycles. The van der Waals surface area contributed by atoms with Crippen molar-refractivity contribution in [3.05, 3.63) is 123 Å². The van der Waals surface area contributed by atoms with E-state index in [1.807, 2.05) is 121 Å². The summed E-state index contributed by atoms with van der Waals surface area (Å²) in [7, 11) is -0.405. The molecule has 0 radical (unpaired) electrons. The van der Waals surface area contributed by atoms with Crippen LogP contribution in [0, 0.1) is 3.57 Å². The minimum atomic E-state index is -1.32. The van der Waals surface area contributed by atoms with Gasteiger partial charge in [-0.3, -0.25) is 9.59 Å². The highest BCUT2D eigenvalue weighted by Crippen LogP contribution is 2.47. The van der Waals surface area contributed by atoms with Gasteiger partial charge in [0.2, 0.25) is 0 Å². The number of hydrogen-bond donors (Lipinski definition) is 4. The van der Waals surface area contributed by atoms with Gasteiger partial charge in [0.05, 0.1) is 28.8 Å². The maximum atomic E-state index is 13.6. The van der Waals surface area contributed by atoms with Crippen molar-refractivity contribution >= 4 is 99.5 Å². The van der Waals surface area contributed by atoms with Gasteiger partial charge in [-0.15, -0.1) is 0 Å². The predicted molar refractivity (Wildman–Crippen MR) is 297 cm³/mol. The largest absolute Gasteiger partial charge is 0.494 e. The zero-order valence-electron chi connectivity index (χ0n) is 43.0. The number of alkyl carbamates (subject to hydrolysis) is 1. The number of nitrogens with two attached hydrogens (primary N) is 1. The number of aliphatic hydroxyl groups is 1. The van der Waals surface area contributed by atoms with Crippen LogP contribution >= 0.6 is 69.0 Å². The van der Waals surface area contributed by atoms with Crippen LogP contribution in [0.2, 0.25) is 0 Å². The fourth-order valence-corrected chi connectivity index (χ4v) is 9.36. The molecule has 2 saturated carbocycles. The second-order valence-electron chi connectivity index (χ2n) is 21.6. The van der Waals surface area contributed by atoms with E-state index in [-0.39, 0.29) is 28.4 Å². The first-order chi connectivity index (χ1) is 34.4. The monoisotopic (exact) mass is 1210 g/mol. The van der Waals surface area contributed by atoms with Gasteiger partial charge >= 0.3 is 13.2 Å². The molecular weight excluding hydrogens is 1150 g/mol. The first kappa shape index (κ1) is 59.9. The van der Waals surface area contributed by atoms with Crippen molar-refractivity contribution in [1.29, 1.82) is 0 Å². The van der Waals surface area contributed by atoms with Crippen LogP contribution in [0.5, 0.6) is 0 Å². The van der Waals surface area contributed by atoms with E-state index < -0.39 is 77.6 Å². The van der Waals surface area contributed by atoms with Gasteiger partial charge in [0, 0.05) is 9.11 Å². The first-order valence-corrected chi connectivity index (χ1v) is 27.2. The molecule has 0 aromatic heterocycles. The van der Waals surface area contributed by atoms with Gasteiger partial charge in [-0.1, -0.05) is 125 Å². The number of hydrogen-bond acceptors (Lipinski definition) is 9. The van der Waals surface area contributed by atoms with E-state index >= 15 is 0 Å². The molecule has 3 amide bonds. The Bertz CT molecular complexity index is 2590. The van der Waals surface area contributed by atoms with Crippen LogP contribution in [0.3, 0.4) is 0 Å². The average molecular weight is 1220 g/mol. The lowest BCUT2D eigenvalue weighted by molar-refractivity contribution is -0.145. The van der Waals surface area contributed by atoms with E-state index in [1.165, 1.54) is 4.90 Å². The molecule has 4 aliphatic rings. The number of alkyl halides is 6. The number of amides is 3. The van der Waals surface area contributed by atoms with Crippen molar-refractivity contribution < 1.29 is 47.1 Å². The summed E-state index contributed by atoms with van der Waals surface area (Å²) in [5.41, 5.74) is 9.92. The molecule has 4 aromatic rings. The maximum Gasteiger partial charge on any atom is 0.494 e. The second-order valence-corrected chi connectivity index (χ2v) is 25.0. The fourth-order valence-electron chi connectivity index (χ4n) is 8.66.